The van der Waals surface area contributed by atoms with Crippen molar-refractivity contribution < 1.29 is 0 Å². The molecule has 0 radical (unpaired) electrons. The van der Waals surface area contributed by atoms with Gasteiger partial charge in [-0.2, -0.15) is 0 Å². The second kappa shape index (κ2) is 37.7. The van der Waals surface area contributed by atoms with Gasteiger partial charge in [0.1, 0.15) is 0 Å². The predicted molar refractivity (Wildman–Crippen MR) is 626 cm³/mol. The van der Waals surface area contributed by atoms with E-state index in [0.29, 0.717) is 0 Å². The molecular formula is C144H92N4. The van der Waals surface area contributed by atoms with E-state index < -0.39 is 0 Å². The van der Waals surface area contributed by atoms with Crippen molar-refractivity contribution in [2.75, 3.05) is 0 Å². The van der Waals surface area contributed by atoms with Crippen LogP contribution in [0.5, 0.6) is 0 Å². The molecule has 0 atom stereocenters. The molecule has 0 fully saturated rings. The van der Waals surface area contributed by atoms with Crippen LogP contribution >= 0.6 is 0 Å². The minimum absolute atomic E-state index is 0.825. The molecule has 0 spiro atoms. The summed E-state index contributed by atoms with van der Waals surface area (Å²) < 4.78 is 0. The summed E-state index contributed by atoms with van der Waals surface area (Å²) in [5.41, 5.74) is 38.0. The molecule has 28 rings (SSSR count). The molecule has 148 heavy (non-hydrogen) atoms. The molecule has 2 aromatic heterocycles. The van der Waals surface area contributed by atoms with Gasteiger partial charge in [-0.25, -0.2) is 19.9 Å². The summed E-state index contributed by atoms with van der Waals surface area (Å²) >= 11 is 0. The van der Waals surface area contributed by atoms with Gasteiger partial charge in [-0.15, -0.1) is 0 Å². The third-order valence-corrected chi connectivity index (χ3v) is 29.7. The molecule has 0 aliphatic carbocycles. The first-order valence-electron chi connectivity index (χ1n) is 50.8. The molecule has 0 bridgehead atoms. The number of aromatic nitrogens is 4. The topological polar surface area (TPSA) is 51.6 Å². The first-order valence-corrected chi connectivity index (χ1v) is 50.8. The molecular weight excluding hydrogens is 1790 g/mol. The van der Waals surface area contributed by atoms with Crippen LogP contribution in [0, 0.1) is 0 Å². The minimum Gasteiger partial charge on any atom is -0.243 e. The fraction of sp³-hybridized carbons (Fsp3) is 0. The van der Waals surface area contributed by atoms with Crippen LogP contribution in [0.15, 0.2) is 558 Å². The normalized spacial score (nSPS) is 11.5. The summed E-state index contributed by atoms with van der Waals surface area (Å²) in [6.45, 7) is 0. The number of nitrogens with zero attached hydrogens (tertiary/aromatic N) is 4. The summed E-state index contributed by atoms with van der Waals surface area (Å²) in [6.07, 6.45) is 0. The van der Waals surface area contributed by atoms with Gasteiger partial charge in [0.05, 0.1) is 44.8 Å². The van der Waals surface area contributed by atoms with Gasteiger partial charge in [0.2, 0.25) is 0 Å². The van der Waals surface area contributed by atoms with Gasteiger partial charge in [-0.1, -0.05) is 522 Å². The van der Waals surface area contributed by atoms with Crippen molar-refractivity contribution in [3.05, 3.63) is 558 Å². The summed E-state index contributed by atoms with van der Waals surface area (Å²) in [7, 11) is 0. The highest BCUT2D eigenvalue weighted by Crippen LogP contribution is 2.49. The first kappa shape index (κ1) is 87.5. The van der Waals surface area contributed by atoms with Crippen molar-refractivity contribution in [1.29, 1.82) is 0 Å². The lowest BCUT2D eigenvalue weighted by Crippen LogP contribution is -1.99. The molecule has 0 amide bonds. The second-order valence-corrected chi connectivity index (χ2v) is 38.4. The first-order chi connectivity index (χ1) is 73.4. The van der Waals surface area contributed by atoms with Gasteiger partial charge in [-0.05, 0) is 234 Å². The monoisotopic (exact) mass is 1880 g/mol. The molecule has 0 aliphatic rings. The van der Waals surface area contributed by atoms with E-state index in [1.165, 1.54) is 142 Å². The van der Waals surface area contributed by atoms with Crippen molar-refractivity contribution in [2.24, 2.45) is 0 Å². The van der Waals surface area contributed by atoms with Gasteiger partial charge in [-0.3, -0.25) is 0 Å². The number of fused-ring (bicyclic) bond motifs is 10. The number of hydrogen-bond acceptors (Lipinski definition) is 4. The molecule has 4 nitrogen and oxygen atoms in total. The smallest absolute Gasteiger partial charge is 0.0979 e. The summed E-state index contributed by atoms with van der Waals surface area (Å²) in [4.78, 5) is 23.4. The Labute approximate surface area is 858 Å². The average molecular weight is 1880 g/mol. The van der Waals surface area contributed by atoms with Gasteiger partial charge in [0, 0.05) is 44.5 Å². The quantitative estimate of drug-likeness (QED) is 0.0905. The van der Waals surface area contributed by atoms with Crippen molar-refractivity contribution in [3.63, 3.8) is 0 Å². The molecule has 0 N–H and O–H groups in total. The fourth-order valence-electron chi connectivity index (χ4n) is 22.4. The third kappa shape index (κ3) is 16.2. The molecule has 0 unspecified atom stereocenters. The molecule has 4 heteroatoms. The molecule has 2 heterocycles. The predicted octanol–water partition coefficient (Wildman–Crippen LogP) is 39.2. The average Bonchev–Trinajstić information content (AvgIpc) is 0.739. The lowest BCUT2D eigenvalue weighted by Gasteiger charge is -2.18. The Bertz CT molecular complexity index is 9220. The molecule has 688 valence electrons. The largest absolute Gasteiger partial charge is 0.243 e. The van der Waals surface area contributed by atoms with Crippen LogP contribution in [-0.4, -0.2) is 19.9 Å². The molecule has 28 aromatic rings. The van der Waals surface area contributed by atoms with Crippen molar-refractivity contribution in [2.45, 2.75) is 0 Å². The summed E-state index contributed by atoms with van der Waals surface area (Å²) in [5, 5.41) is 19.7. The van der Waals surface area contributed by atoms with E-state index in [1.807, 2.05) is 0 Å². The Morgan fingerprint density at radius 3 is 0.473 bits per heavy atom. The van der Waals surface area contributed by atoms with Crippen LogP contribution in [-0.2, 0) is 0 Å². The van der Waals surface area contributed by atoms with Gasteiger partial charge < -0.3 is 0 Å². The zero-order chi connectivity index (χ0) is 97.9. The van der Waals surface area contributed by atoms with Crippen LogP contribution in [0.25, 0.3) is 287 Å². The SMILES string of the molecule is c1ccc(-c2ccc(-c3ccc(-c4ccc(-c5ccccc5)cc4)c4nc(-c5ccc(-c6c7ccccc7cc7ccccc67)cc5)c(-c5ccc(-c6c7ccccc7cc7ccccc67)cc5)nc34)cc2)cc1.c1ccc(-c2cccc(-c3ccc(-c4cccc(-c5ccccc5)c4)c4nc(-c5ccc(-c6c7ccccc7cc7ccccc67)cc5)c(-c5ccc(-c6c7ccccc7cc7ccccc67)cc5)nc34)c2)cc1. The molecule has 26 aromatic carbocycles. The Hall–Kier alpha value is -19.5. The van der Waals surface area contributed by atoms with Crippen molar-refractivity contribution in [1.82, 2.24) is 19.9 Å². The van der Waals surface area contributed by atoms with E-state index in [1.54, 1.807) is 0 Å². The van der Waals surface area contributed by atoms with E-state index in [2.05, 4.69) is 558 Å². The number of rotatable bonds is 16. The van der Waals surface area contributed by atoms with E-state index in [4.69, 9.17) is 19.9 Å². The maximum Gasteiger partial charge on any atom is 0.0979 e. The molecule has 0 aliphatic heterocycles. The Balaban J connectivity index is 0.000000146. The van der Waals surface area contributed by atoms with E-state index >= 15 is 0 Å². The summed E-state index contributed by atoms with van der Waals surface area (Å²) in [5.74, 6) is 0. The highest BCUT2D eigenvalue weighted by molar-refractivity contribution is 6.18. The second-order valence-electron chi connectivity index (χ2n) is 38.4. The fourth-order valence-corrected chi connectivity index (χ4v) is 22.4. The van der Waals surface area contributed by atoms with Crippen LogP contribution < -0.4 is 0 Å². The zero-order valence-electron chi connectivity index (χ0n) is 80.9. The lowest BCUT2D eigenvalue weighted by molar-refractivity contribution is 1.29. The number of hydrogen-bond donors (Lipinski definition) is 0. The molecule has 0 saturated heterocycles. The molecule has 0 saturated carbocycles. The maximum atomic E-state index is 5.87. The Morgan fingerprint density at radius 1 is 0.0946 bits per heavy atom. The Kier molecular flexibility index (Phi) is 22.3. The number of benzene rings is 26. The van der Waals surface area contributed by atoms with Crippen LogP contribution in [0.4, 0.5) is 0 Å². The maximum absolute atomic E-state index is 5.87. The van der Waals surface area contributed by atoms with E-state index in [9.17, 15) is 0 Å². The lowest BCUT2D eigenvalue weighted by atomic mass is 9.90. The van der Waals surface area contributed by atoms with Crippen molar-refractivity contribution >= 4 is 108 Å². The standard InChI is InChI=1S/2C72H46N2/c1-3-17-47(18-4-1)53-25-15-27-59(43-53)65-41-42-66(60-28-16-26-54(44-60)48-19-5-2-6-20-48)72-71(65)73-69(51-37-33-49(34-38-51)67-61-29-11-7-21-55(61)45-56-22-8-12-30-62(56)67)70(74-72)52-39-35-50(36-40-52)68-63-31-13-9-23-57(63)46-58-24-10-14-32-64(58)68;1-3-15-47(16-4-1)49-27-31-51(32-28-49)65-43-44-66(52-33-29-50(30-34-52)48-17-5-2-6-18-48)72-71(65)73-69(55-39-35-53(36-40-55)67-61-23-11-7-19-57(61)45-58-20-8-12-24-62(58)67)70(74-72)56-41-37-54(38-42-56)68-63-25-13-9-21-59(63)46-60-22-10-14-26-64(60)68/h2*1-46H. The summed E-state index contributed by atoms with van der Waals surface area (Å²) in [6, 6.07) is 202. The van der Waals surface area contributed by atoms with E-state index in [0.717, 1.165) is 145 Å². The van der Waals surface area contributed by atoms with Gasteiger partial charge in [0.15, 0.2) is 0 Å². The van der Waals surface area contributed by atoms with E-state index in [-0.39, 0.29) is 0 Å². The zero-order valence-corrected chi connectivity index (χ0v) is 80.9. The van der Waals surface area contributed by atoms with Crippen LogP contribution in [0.1, 0.15) is 0 Å². The van der Waals surface area contributed by atoms with Gasteiger partial charge >= 0.3 is 0 Å². The third-order valence-electron chi connectivity index (χ3n) is 29.7. The highest BCUT2D eigenvalue weighted by atomic mass is 14.9. The van der Waals surface area contributed by atoms with Crippen LogP contribution in [0.2, 0.25) is 0 Å². The van der Waals surface area contributed by atoms with Crippen LogP contribution in [0.3, 0.4) is 0 Å². The highest BCUT2D eigenvalue weighted by Gasteiger charge is 2.26. The van der Waals surface area contributed by atoms with Crippen molar-refractivity contribution in [3.8, 4) is 179 Å². The van der Waals surface area contributed by atoms with Gasteiger partial charge in [0.25, 0.3) is 0 Å². The minimum atomic E-state index is 0.825. The Morgan fingerprint density at radius 2 is 0.250 bits per heavy atom.